The van der Waals surface area contributed by atoms with Gasteiger partial charge in [-0.05, 0) is 42.8 Å². The van der Waals surface area contributed by atoms with Crippen LogP contribution in [0.2, 0.25) is 0 Å². The molecule has 2 N–H and O–H groups in total. The molecule has 9 nitrogen and oxygen atoms in total. The Morgan fingerprint density at radius 3 is 2.79 bits per heavy atom. The van der Waals surface area contributed by atoms with Gasteiger partial charge in [-0.1, -0.05) is 17.9 Å². The highest BCUT2D eigenvalue weighted by Crippen LogP contribution is 2.28. The lowest BCUT2D eigenvalue weighted by molar-refractivity contribution is -0.122. The molecule has 1 aromatic heterocycles. The van der Waals surface area contributed by atoms with Crippen molar-refractivity contribution in [1.29, 1.82) is 0 Å². The van der Waals surface area contributed by atoms with Crippen LogP contribution in [-0.4, -0.2) is 51.2 Å². The Kier molecular flexibility index (Phi) is 4.78. The molecule has 0 spiro atoms. The van der Waals surface area contributed by atoms with Crippen LogP contribution in [0.5, 0.6) is 5.75 Å². The van der Waals surface area contributed by atoms with Crippen LogP contribution in [0.3, 0.4) is 0 Å². The number of amides is 4. The second-order valence-electron chi connectivity index (χ2n) is 8.05. The first-order valence-corrected chi connectivity index (χ1v) is 10.5. The third-order valence-corrected chi connectivity index (χ3v) is 5.68. The summed E-state index contributed by atoms with van der Waals surface area (Å²) in [5, 5.41) is 10.2. The molecule has 2 aliphatic rings. The quantitative estimate of drug-likeness (QED) is 0.470. The van der Waals surface area contributed by atoms with Crippen molar-refractivity contribution >= 4 is 28.7 Å². The molecular weight excluding hydrogens is 422 g/mol. The number of benzene rings is 2. The molecule has 2 aliphatic heterocycles. The molecule has 0 radical (unpaired) electrons. The topological polar surface area (TPSA) is 106 Å². The minimum atomic E-state index is -1.56. The summed E-state index contributed by atoms with van der Waals surface area (Å²) in [7, 11) is 1.83. The fourth-order valence-electron chi connectivity index (χ4n) is 4.14. The molecule has 1 atom stereocenters. The van der Waals surface area contributed by atoms with Crippen molar-refractivity contribution in [2.75, 3.05) is 13.2 Å². The fraction of sp³-hybridized carbons (Fsp3) is 0.250. The number of nitrogens with one attached hydrogen (secondary N) is 2. The zero-order valence-electron chi connectivity index (χ0n) is 18.1. The van der Waals surface area contributed by atoms with Crippen LogP contribution in [0.25, 0.3) is 10.9 Å². The number of ether oxygens (including phenoxy) is 1. The molecule has 9 heteroatoms. The van der Waals surface area contributed by atoms with Gasteiger partial charge in [0.2, 0.25) is 5.54 Å². The maximum absolute atomic E-state index is 13.1. The maximum Gasteiger partial charge on any atom is 0.323 e. The van der Waals surface area contributed by atoms with Crippen LogP contribution in [0.1, 0.15) is 28.4 Å². The molecule has 1 saturated heterocycles. The molecule has 0 aliphatic carbocycles. The largest absolute Gasteiger partial charge is 0.494 e. The van der Waals surface area contributed by atoms with Crippen LogP contribution < -0.4 is 15.4 Å². The van der Waals surface area contributed by atoms with Crippen LogP contribution >= 0.6 is 0 Å². The van der Waals surface area contributed by atoms with Crippen LogP contribution in [0.15, 0.2) is 42.6 Å². The molecule has 166 valence electrons. The van der Waals surface area contributed by atoms with Gasteiger partial charge in [0, 0.05) is 36.3 Å². The van der Waals surface area contributed by atoms with Crippen LogP contribution in [-0.2, 0) is 18.4 Å². The minimum absolute atomic E-state index is 0.0825. The summed E-state index contributed by atoms with van der Waals surface area (Å²) < 4.78 is 7.21. The van der Waals surface area contributed by atoms with Crippen molar-refractivity contribution < 1.29 is 19.1 Å². The Morgan fingerprint density at radius 2 is 2.03 bits per heavy atom. The van der Waals surface area contributed by atoms with E-state index in [1.165, 1.54) is 4.90 Å². The number of carbonyl (C=O) groups excluding carboxylic acids is 3. The summed E-state index contributed by atoms with van der Waals surface area (Å²) in [5.74, 6) is 5.69. The molecule has 2 aromatic carbocycles. The van der Waals surface area contributed by atoms with Gasteiger partial charge in [-0.25, -0.2) is 4.79 Å². The Balaban J connectivity index is 1.45. The third kappa shape index (κ3) is 3.65. The van der Waals surface area contributed by atoms with E-state index in [1.807, 2.05) is 50.5 Å². The zero-order chi connectivity index (χ0) is 23.2. The predicted octanol–water partition coefficient (Wildman–Crippen LogP) is 1.56. The molecule has 0 saturated carbocycles. The molecule has 4 amide bonds. The number of hydrogen-bond acceptors (Lipinski definition) is 5. The van der Waals surface area contributed by atoms with Gasteiger partial charge in [0.25, 0.3) is 11.8 Å². The summed E-state index contributed by atoms with van der Waals surface area (Å²) in [6, 6.07) is 10.2. The monoisotopic (exact) mass is 443 g/mol. The average molecular weight is 443 g/mol. The summed E-state index contributed by atoms with van der Waals surface area (Å²) >= 11 is 0. The molecule has 0 bridgehead atoms. The number of aryl methyl sites for hydroxylation is 1. The van der Waals surface area contributed by atoms with Gasteiger partial charge in [-0.15, -0.1) is 0 Å². The summed E-state index contributed by atoms with van der Waals surface area (Å²) in [6.45, 7) is 2.59. The van der Waals surface area contributed by atoms with Crippen molar-refractivity contribution in [2.24, 2.45) is 7.05 Å². The van der Waals surface area contributed by atoms with E-state index in [0.29, 0.717) is 30.0 Å². The van der Waals surface area contributed by atoms with E-state index in [-0.39, 0.29) is 12.5 Å². The van der Waals surface area contributed by atoms with E-state index in [2.05, 4.69) is 27.6 Å². The first-order chi connectivity index (χ1) is 15.9. The van der Waals surface area contributed by atoms with Crippen molar-refractivity contribution in [3.63, 3.8) is 0 Å². The van der Waals surface area contributed by atoms with Gasteiger partial charge in [0.05, 0.1) is 18.7 Å². The second kappa shape index (κ2) is 7.67. The average Bonchev–Trinajstić information content (AvgIpc) is 3.39. The summed E-state index contributed by atoms with van der Waals surface area (Å²) in [4.78, 5) is 39.4. The van der Waals surface area contributed by atoms with Gasteiger partial charge < -0.3 is 15.0 Å². The first-order valence-electron chi connectivity index (χ1n) is 10.5. The molecule has 3 aromatic rings. The zero-order valence-corrected chi connectivity index (χ0v) is 18.1. The van der Waals surface area contributed by atoms with Gasteiger partial charge in [0.15, 0.2) is 0 Å². The van der Waals surface area contributed by atoms with E-state index in [4.69, 9.17) is 4.74 Å². The lowest BCUT2D eigenvalue weighted by Gasteiger charge is -2.26. The Bertz CT molecular complexity index is 1380. The number of hydrogen-bond donors (Lipinski definition) is 2. The van der Waals surface area contributed by atoms with Crippen molar-refractivity contribution in [1.82, 2.24) is 25.3 Å². The number of carbonyl (C=O) groups is 3. The number of rotatable bonds is 4. The molecule has 33 heavy (non-hydrogen) atoms. The maximum atomic E-state index is 13.1. The first kappa shape index (κ1) is 20.6. The van der Waals surface area contributed by atoms with E-state index in [0.717, 1.165) is 16.5 Å². The normalized spacial score (nSPS) is 19.2. The number of nitrogens with zero attached hydrogens (tertiary/aromatic N) is 3. The van der Waals surface area contributed by atoms with E-state index in [1.54, 1.807) is 10.7 Å². The Hall–Kier alpha value is -4.32. The van der Waals surface area contributed by atoms with Gasteiger partial charge >= 0.3 is 6.03 Å². The highest BCUT2D eigenvalue weighted by atomic mass is 16.5. The SMILES string of the molecule is CCOc1ccc2c(c1)C(=O)N(C[C@@]1(C#Cc3ccc4cn(C)nc4c3)NC(=O)NC1=O)C2. The van der Waals surface area contributed by atoms with Gasteiger partial charge in [-0.2, -0.15) is 5.10 Å². The molecule has 3 heterocycles. The van der Waals surface area contributed by atoms with Gasteiger partial charge in [-0.3, -0.25) is 19.6 Å². The van der Waals surface area contributed by atoms with E-state index < -0.39 is 17.5 Å². The number of imide groups is 1. The number of aromatic nitrogens is 2. The van der Waals surface area contributed by atoms with Crippen LogP contribution in [0, 0.1) is 11.8 Å². The highest BCUT2D eigenvalue weighted by Gasteiger charge is 2.48. The lowest BCUT2D eigenvalue weighted by Crippen LogP contribution is -2.54. The fourth-order valence-corrected chi connectivity index (χ4v) is 4.14. The third-order valence-electron chi connectivity index (χ3n) is 5.68. The summed E-state index contributed by atoms with van der Waals surface area (Å²) in [5.41, 5.74) is 1.21. The number of urea groups is 1. The minimum Gasteiger partial charge on any atom is -0.494 e. The van der Waals surface area contributed by atoms with Crippen molar-refractivity contribution in [3.8, 4) is 17.6 Å². The standard InChI is InChI=1S/C24H21N5O4/c1-3-33-18-7-6-16-13-29(21(30)19(16)11-18)14-24(22(31)25-23(32)26-24)9-8-15-4-5-17-12-28(2)27-20(17)10-15/h4-7,10-12H,3,13-14H2,1-2H3,(H2,25,26,31,32)/t24-/m1/s1. The summed E-state index contributed by atoms with van der Waals surface area (Å²) in [6.07, 6.45) is 1.90. The molecule has 0 unspecified atom stereocenters. The molecular formula is C24H21N5O4. The predicted molar refractivity (Wildman–Crippen MR) is 119 cm³/mol. The van der Waals surface area contributed by atoms with Crippen LogP contribution in [0.4, 0.5) is 4.79 Å². The Morgan fingerprint density at radius 1 is 1.18 bits per heavy atom. The highest BCUT2D eigenvalue weighted by molar-refractivity contribution is 6.10. The molecule has 5 rings (SSSR count). The van der Waals surface area contributed by atoms with E-state index in [9.17, 15) is 14.4 Å². The second-order valence-corrected chi connectivity index (χ2v) is 8.05. The van der Waals surface area contributed by atoms with E-state index >= 15 is 0 Å². The van der Waals surface area contributed by atoms with Crippen molar-refractivity contribution in [3.05, 3.63) is 59.3 Å². The number of fused-ring (bicyclic) bond motifs is 2. The molecule has 1 fully saturated rings. The van der Waals surface area contributed by atoms with Crippen molar-refractivity contribution in [2.45, 2.75) is 19.0 Å². The Labute approximate surface area is 189 Å². The lowest BCUT2D eigenvalue weighted by atomic mass is 9.99. The smallest absolute Gasteiger partial charge is 0.323 e. The van der Waals surface area contributed by atoms with Gasteiger partial charge in [0.1, 0.15) is 5.75 Å².